The SMILES string of the molecule is CCCCC/C=C\CCOCCCC(=O)OCCCCCCBr. The van der Waals surface area contributed by atoms with Crippen LogP contribution in [0.25, 0.3) is 0 Å². The first kappa shape index (κ1) is 22.6. The number of ether oxygens (including phenoxy) is 2. The number of halogens is 1. The first-order valence-electron chi connectivity index (χ1n) is 9.25. The molecule has 0 rings (SSSR count). The van der Waals surface area contributed by atoms with Gasteiger partial charge in [-0.3, -0.25) is 4.79 Å². The van der Waals surface area contributed by atoms with E-state index in [1.54, 1.807) is 0 Å². The summed E-state index contributed by atoms with van der Waals surface area (Å²) in [4.78, 5) is 11.5. The fraction of sp³-hybridized carbons (Fsp3) is 0.842. The Morgan fingerprint density at radius 1 is 0.870 bits per heavy atom. The lowest BCUT2D eigenvalue weighted by atomic mass is 10.2. The minimum atomic E-state index is -0.0927. The van der Waals surface area contributed by atoms with Gasteiger partial charge in [0.1, 0.15) is 0 Å². The van der Waals surface area contributed by atoms with Gasteiger partial charge in [0.2, 0.25) is 0 Å². The molecule has 0 radical (unpaired) electrons. The predicted octanol–water partition coefficient (Wildman–Crippen LogP) is 5.81. The molecule has 0 amide bonds. The average Bonchev–Trinajstić information content (AvgIpc) is 2.56. The number of carbonyl (C=O) groups is 1. The van der Waals surface area contributed by atoms with Crippen LogP contribution in [0.1, 0.15) is 77.6 Å². The van der Waals surface area contributed by atoms with Crippen molar-refractivity contribution in [2.75, 3.05) is 25.2 Å². The molecule has 0 bridgehead atoms. The van der Waals surface area contributed by atoms with Gasteiger partial charge in [-0.25, -0.2) is 0 Å². The Bertz CT molecular complexity index is 280. The monoisotopic (exact) mass is 390 g/mol. The van der Waals surface area contributed by atoms with Crippen LogP contribution in [0.2, 0.25) is 0 Å². The first-order valence-corrected chi connectivity index (χ1v) is 10.4. The molecule has 0 heterocycles. The van der Waals surface area contributed by atoms with Crippen LogP contribution >= 0.6 is 15.9 Å². The predicted molar refractivity (Wildman–Crippen MR) is 101 cm³/mol. The number of hydrogen-bond donors (Lipinski definition) is 0. The Hall–Kier alpha value is -0.350. The second kappa shape index (κ2) is 19.7. The summed E-state index contributed by atoms with van der Waals surface area (Å²) in [5, 5.41) is 1.06. The Labute approximate surface area is 151 Å². The van der Waals surface area contributed by atoms with Gasteiger partial charge >= 0.3 is 5.97 Å². The molecule has 0 N–H and O–H groups in total. The highest BCUT2D eigenvalue weighted by Gasteiger charge is 2.02. The molecule has 0 unspecified atom stereocenters. The molecule has 3 nitrogen and oxygen atoms in total. The normalized spacial score (nSPS) is 11.2. The van der Waals surface area contributed by atoms with Crippen molar-refractivity contribution >= 4 is 21.9 Å². The van der Waals surface area contributed by atoms with Crippen molar-refractivity contribution < 1.29 is 14.3 Å². The highest BCUT2D eigenvalue weighted by molar-refractivity contribution is 9.09. The molecular formula is C19H35BrO3. The van der Waals surface area contributed by atoms with Gasteiger partial charge in [0.25, 0.3) is 0 Å². The van der Waals surface area contributed by atoms with Crippen molar-refractivity contribution in [3.05, 3.63) is 12.2 Å². The number of hydrogen-bond acceptors (Lipinski definition) is 3. The van der Waals surface area contributed by atoms with E-state index in [1.165, 1.54) is 38.5 Å². The van der Waals surface area contributed by atoms with Crippen molar-refractivity contribution in [3.8, 4) is 0 Å². The van der Waals surface area contributed by atoms with Crippen LogP contribution in [0.5, 0.6) is 0 Å². The van der Waals surface area contributed by atoms with Crippen molar-refractivity contribution in [2.45, 2.75) is 77.6 Å². The van der Waals surface area contributed by atoms with Crippen LogP contribution in [0.3, 0.4) is 0 Å². The van der Waals surface area contributed by atoms with E-state index in [9.17, 15) is 4.79 Å². The van der Waals surface area contributed by atoms with Crippen molar-refractivity contribution in [2.24, 2.45) is 0 Å². The maximum Gasteiger partial charge on any atom is 0.305 e. The molecule has 136 valence electrons. The standard InChI is InChI=1S/C19H35BrO3/c1-2-3-4-5-6-8-11-16-22-17-13-14-19(21)23-18-12-9-7-10-15-20/h6,8H,2-5,7,9-18H2,1H3/b8-6-. The number of alkyl halides is 1. The molecular weight excluding hydrogens is 356 g/mol. The summed E-state index contributed by atoms with van der Waals surface area (Å²) in [6, 6.07) is 0. The van der Waals surface area contributed by atoms with Crippen molar-refractivity contribution in [3.63, 3.8) is 0 Å². The lowest BCUT2D eigenvalue weighted by Crippen LogP contribution is -2.07. The van der Waals surface area contributed by atoms with E-state index in [4.69, 9.17) is 9.47 Å². The van der Waals surface area contributed by atoms with E-state index in [1.807, 2.05) is 0 Å². The molecule has 0 spiro atoms. The fourth-order valence-electron chi connectivity index (χ4n) is 2.13. The minimum absolute atomic E-state index is 0.0927. The van der Waals surface area contributed by atoms with E-state index in [2.05, 4.69) is 35.0 Å². The molecule has 0 saturated carbocycles. The molecule has 4 heteroatoms. The molecule has 0 aliphatic rings. The van der Waals surface area contributed by atoms with Gasteiger partial charge in [-0.15, -0.1) is 0 Å². The van der Waals surface area contributed by atoms with Gasteiger partial charge in [0.15, 0.2) is 0 Å². The topological polar surface area (TPSA) is 35.5 Å². The lowest BCUT2D eigenvalue weighted by molar-refractivity contribution is -0.144. The van der Waals surface area contributed by atoms with Crippen molar-refractivity contribution in [1.29, 1.82) is 0 Å². The summed E-state index contributed by atoms with van der Waals surface area (Å²) in [6.45, 7) is 4.17. The van der Waals surface area contributed by atoms with Gasteiger partial charge in [-0.05, 0) is 38.5 Å². The molecule has 0 aromatic carbocycles. The van der Waals surface area contributed by atoms with E-state index >= 15 is 0 Å². The second-order valence-electron chi connectivity index (χ2n) is 5.80. The molecule has 0 saturated heterocycles. The second-order valence-corrected chi connectivity index (χ2v) is 6.59. The zero-order chi connectivity index (χ0) is 17.0. The van der Waals surface area contributed by atoms with Gasteiger partial charge in [-0.1, -0.05) is 60.7 Å². The number of rotatable bonds is 17. The van der Waals surface area contributed by atoms with Gasteiger partial charge in [-0.2, -0.15) is 0 Å². The van der Waals surface area contributed by atoms with Crippen LogP contribution < -0.4 is 0 Å². The minimum Gasteiger partial charge on any atom is -0.466 e. The number of esters is 1. The Morgan fingerprint density at radius 3 is 2.43 bits per heavy atom. The molecule has 0 aliphatic heterocycles. The van der Waals surface area contributed by atoms with Crippen LogP contribution in [0.4, 0.5) is 0 Å². The van der Waals surface area contributed by atoms with Crippen LogP contribution in [-0.4, -0.2) is 31.1 Å². The average molecular weight is 391 g/mol. The summed E-state index contributed by atoms with van der Waals surface area (Å²) in [7, 11) is 0. The summed E-state index contributed by atoms with van der Waals surface area (Å²) in [5.41, 5.74) is 0. The van der Waals surface area contributed by atoms with Crippen LogP contribution in [0.15, 0.2) is 12.2 Å². The van der Waals surface area contributed by atoms with E-state index < -0.39 is 0 Å². The summed E-state index contributed by atoms with van der Waals surface area (Å²) < 4.78 is 10.7. The summed E-state index contributed by atoms with van der Waals surface area (Å²) in [6.07, 6.45) is 16.2. The third kappa shape index (κ3) is 19.6. The smallest absolute Gasteiger partial charge is 0.305 e. The largest absolute Gasteiger partial charge is 0.466 e. The molecule has 0 aromatic rings. The maximum absolute atomic E-state index is 11.5. The zero-order valence-corrected chi connectivity index (χ0v) is 16.5. The number of carbonyl (C=O) groups excluding carboxylic acids is 1. The molecule has 23 heavy (non-hydrogen) atoms. The number of unbranched alkanes of at least 4 members (excludes halogenated alkanes) is 6. The van der Waals surface area contributed by atoms with E-state index in [-0.39, 0.29) is 5.97 Å². The van der Waals surface area contributed by atoms with Crippen molar-refractivity contribution in [1.82, 2.24) is 0 Å². The van der Waals surface area contributed by atoms with Gasteiger partial charge < -0.3 is 9.47 Å². The van der Waals surface area contributed by atoms with E-state index in [0.29, 0.717) is 19.6 Å². The highest BCUT2D eigenvalue weighted by atomic mass is 79.9. The Balaban J connectivity index is 3.20. The van der Waals surface area contributed by atoms with E-state index in [0.717, 1.165) is 37.6 Å². The fourth-order valence-corrected chi connectivity index (χ4v) is 2.52. The van der Waals surface area contributed by atoms with Crippen LogP contribution in [-0.2, 0) is 14.3 Å². The van der Waals surface area contributed by atoms with Gasteiger partial charge in [0, 0.05) is 18.4 Å². The molecule has 0 aromatic heterocycles. The lowest BCUT2D eigenvalue weighted by Gasteiger charge is -2.05. The Morgan fingerprint density at radius 2 is 1.65 bits per heavy atom. The molecule has 0 atom stereocenters. The Kier molecular flexibility index (Phi) is 19.4. The zero-order valence-electron chi connectivity index (χ0n) is 14.9. The van der Waals surface area contributed by atoms with Gasteiger partial charge in [0.05, 0.1) is 13.2 Å². The third-order valence-corrected chi connectivity index (χ3v) is 4.09. The first-order chi connectivity index (χ1) is 11.3. The van der Waals surface area contributed by atoms with Crippen LogP contribution in [0, 0.1) is 0 Å². The summed E-state index contributed by atoms with van der Waals surface area (Å²) in [5.74, 6) is -0.0927. The molecule has 0 fully saturated rings. The third-order valence-electron chi connectivity index (χ3n) is 3.53. The highest BCUT2D eigenvalue weighted by Crippen LogP contribution is 2.03. The molecule has 0 aliphatic carbocycles. The maximum atomic E-state index is 11.5. The quantitative estimate of drug-likeness (QED) is 0.136. The summed E-state index contributed by atoms with van der Waals surface area (Å²) >= 11 is 3.41. The number of allylic oxidation sites excluding steroid dienone is 1.